The van der Waals surface area contributed by atoms with Crippen LogP contribution in [0.3, 0.4) is 0 Å². The van der Waals surface area contributed by atoms with Crippen LogP contribution in [-0.2, 0) is 7.05 Å². The zero-order valence-corrected chi connectivity index (χ0v) is 13.8. The average Bonchev–Trinajstić information content (AvgIpc) is 2.90. The van der Waals surface area contributed by atoms with Gasteiger partial charge in [-0.05, 0) is 23.6 Å². The highest BCUT2D eigenvalue weighted by Gasteiger charge is 2.14. The second-order valence-corrected chi connectivity index (χ2v) is 6.19. The Hall–Kier alpha value is -2.55. The van der Waals surface area contributed by atoms with Gasteiger partial charge in [-0.25, -0.2) is 0 Å². The molecule has 0 amide bonds. The summed E-state index contributed by atoms with van der Waals surface area (Å²) >= 11 is 0. The first-order valence-corrected chi connectivity index (χ1v) is 7.98. The van der Waals surface area contributed by atoms with E-state index in [1.807, 2.05) is 60.3 Å². The Labute approximate surface area is 136 Å². The number of benzene rings is 2. The Bertz CT molecular complexity index is 846. The van der Waals surface area contributed by atoms with Gasteiger partial charge in [-0.3, -0.25) is 4.79 Å². The van der Waals surface area contributed by atoms with Crippen LogP contribution in [0, 0.1) is 0 Å². The van der Waals surface area contributed by atoms with Crippen LogP contribution >= 0.6 is 0 Å². The fraction of sp³-hybridized carbons (Fsp3) is 0.250. The van der Waals surface area contributed by atoms with E-state index in [0.29, 0.717) is 12.5 Å². The Morgan fingerprint density at radius 3 is 2.57 bits per heavy atom. The van der Waals surface area contributed by atoms with Crippen molar-refractivity contribution in [2.75, 3.05) is 11.9 Å². The van der Waals surface area contributed by atoms with Gasteiger partial charge in [0.15, 0.2) is 5.78 Å². The fourth-order valence-corrected chi connectivity index (χ4v) is 3.00. The van der Waals surface area contributed by atoms with Crippen LogP contribution in [-0.4, -0.2) is 16.9 Å². The molecule has 0 radical (unpaired) electrons. The lowest BCUT2D eigenvalue weighted by Crippen LogP contribution is -2.15. The molecule has 0 aliphatic rings. The van der Waals surface area contributed by atoms with Crippen LogP contribution in [0.15, 0.2) is 54.7 Å². The number of hydrogen-bond acceptors (Lipinski definition) is 2. The molecule has 0 spiro atoms. The summed E-state index contributed by atoms with van der Waals surface area (Å²) in [5, 5.41) is 4.32. The quantitative estimate of drug-likeness (QED) is 0.699. The number of anilines is 1. The van der Waals surface area contributed by atoms with Crippen LogP contribution in [0.4, 0.5) is 5.69 Å². The molecule has 0 aliphatic carbocycles. The van der Waals surface area contributed by atoms with E-state index in [1.54, 1.807) is 0 Å². The summed E-state index contributed by atoms with van der Waals surface area (Å²) in [6.45, 7) is 4.62. The monoisotopic (exact) mass is 306 g/mol. The number of hydrogen-bond donors (Lipinski definition) is 1. The van der Waals surface area contributed by atoms with Crippen molar-refractivity contribution in [3.05, 3.63) is 65.9 Å². The lowest BCUT2D eigenvalue weighted by Gasteiger charge is -2.13. The van der Waals surface area contributed by atoms with Gasteiger partial charge in [0.05, 0.1) is 6.54 Å². The number of aryl methyl sites for hydroxylation is 1. The summed E-state index contributed by atoms with van der Waals surface area (Å²) in [6.07, 6.45) is 1.92. The lowest BCUT2D eigenvalue weighted by atomic mass is 10.0. The van der Waals surface area contributed by atoms with Gasteiger partial charge in [0.2, 0.25) is 0 Å². The highest BCUT2D eigenvalue weighted by atomic mass is 16.1. The van der Waals surface area contributed by atoms with Crippen LogP contribution in [0.5, 0.6) is 0 Å². The molecular formula is C20H22N2O. The maximum absolute atomic E-state index is 12.7. The summed E-state index contributed by atoms with van der Waals surface area (Å²) in [7, 11) is 1.97. The predicted molar refractivity (Wildman–Crippen MR) is 96.3 cm³/mol. The SMILES string of the molecule is CC(C)c1ccccc1NCC(=O)c1cn(C)c2ccccc12. The van der Waals surface area contributed by atoms with Crippen molar-refractivity contribution in [1.82, 2.24) is 4.57 Å². The fourth-order valence-electron chi connectivity index (χ4n) is 3.00. The summed E-state index contributed by atoms with van der Waals surface area (Å²) in [5.41, 5.74) is 4.13. The number of fused-ring (bicyclic) bond motifs is 1. The molecule has 1 aromatic heterocycles. The molecule has 0 bridgehead atoms. The summed E-state index contributed by atoms with van der Waals surface area (Å²) in [6, 6.07) is 16.2. The van der Waals surface area contributed by atoms with E-state index in [0.717, 1.165) is 22.2 Å². The minimum atomic E-state index is 0.111. The summed E-state index contributed by atoms with van der Waals surface area (Å²) < 4.78 is 2.00. The van der Waals surface area contributed by atoms with E-state index in [9.17, 15) is 4.79 Å². The van der Waals surface area contributed by atoms with E-state index in [1.165, 1.54) is 5.56 Å². The largest absolute Gasteiger partial charge is 0.377 e. The zero-order valence-electron chi connectivity index (χ0n) is 13.8. The van der Waals surface area contributed by atoms with Crippen molar-refractivity contribution in [1.29, 1.82) is 0 Å². The van der Waals surface area contributed by atoms with Crippen LogP contribution < -0.4 is 5.32 Å². The average molecular weight is 306 g/mol. The first kappa shape index (κ1) is 15.3. The van der Waals surface area contributed by atoms with E-state index in [4.69, 9.17) is 0 Å². The van der Waals surface area contributed by atoms with E-state index < -0.39 is 0 Å². The van der Waals surface area contributed by atoms with Crippen molar-refractivity contribution < 1.29 is 4.79 Å². The lowest BCUT2D eigenvalue weighted by molar-refractivity contribution is 0.101. The molecule has 0 aliphatic heterocycles. The van der Waals surface area contributed by atoms with Crippen LogP contribution in [0.1, 0.15) is 35.7 Å². The third-order valence-corrected chi connectivity index (χ3v) is 4.22. The highest BCUT2D eigenvalue weighted by molar-refractivity contribution is 6.09. The number of para-hydroxylation sites is 2. The van der Waals surface area contributed by atoms with Crippen molar-refractivity contribution in [3.8, 4) is 0 Å². The van der Waals surface area contributed by atoms with Gasteiger partial charge in [0, 0.05) is 35.4 Å². The van der Waals surface area contributed by atoms with Gasteiger partial charge >= 0.3 is 0 Å². The van der Waals surface area contributed by atoms with Gasteiger partial charge in [-0.2, -0.15) is 0 Å². The number of ketones is 1. The molecule has 0 saturated carbocycles. The molecular weight excluding hydrogens is 284 g/mol. The van der Waals surface area contributed by atoms with Gasteiger partial charge < -0.3 is 9.88 Å². The number of carbonyl (C=O) groups excluding carboxylic acids is 1. The first-order chi connectivity index (χ1) is 11.1. The van der Waals surface area contributed by atoms with Crippen LogP contribution in [0.2, 0.25) is 0 Å². The number of Topliss-reactive ketones (excluding diaryl/α,β-unsaturated/α-hetero) is 1. The molecule has 1 heterocycles. The molecule has 3 aromatic rings. The topological polar surface area (TPSA) is 34.0 Å². The number of nitrogens with one attached hydrogen (secondary N) is 1. The molecule has 3 nitrogen and oxygen atoms in total. The Morgan fingerprint density at radius 1 is 1.09 bits per heavy atom. The molecule has 118 valence electrons. The molecule has 3 rings (SSSR count). The van der Waals surface area contributed by atoms with E-state index >= 15 is 0 Å². The highest BCUT2D eigenvalue weighted by Crippen LogP contribution is 2.24. The van der Waals surface area contributed by atoms with Crippen molar-refractivity contribution in [3.63, 3.8) is 0 Å². The molecule has 0 fully saturated rings. The minimum Gasteiger partial charge on any atom is -0.377 e. The maximum Gasteiger partial charge on any atom is 0.184 e. The minimum absolute atomic E-state index is 0.111. The standard InChI is InChI=1S/C20H22N2O/c1-14(2)15-8-4-6-10-18(15)21-12-20(23)17-13-22(3)19-11-7-5-9-16(17)19/h4-11,13-14,21H,12H2,1-3H3. The van der Waals surface area contributed by atoms with Crippen molar-refractivity contribution in [2.45, 2.75) is 19.8 Å². The molecule has 0 unspecified atom stereocenters. The molecule has 0 saturated heterocycles. The second-order valence-electron chi connectivity index (χ2n) is 6.19. The van der Waals surface area contributed by atoms with Crippen LogP contribution in [0.25, 0.3) is 10.9 Å². The van der Waals surface area contributed by atoms with Gasteiger partial charge in [0.25, 0.3) is 0 Å². The number of rotatable bonds is 5. The molecule has 3 heteroatoms. The van der Waals surface area contributed by atoms with Gasteiger partial charge in [0.1, 0.15) is 0 Å². The molecule has 1 N–H and O–H groups in total. The number of carbonyl (C=O) groups is 1. The Balaban J connectivity index is 1.82. The smallest absolute Gasteiger partial charge is 0.184 e. The second kappa shape index (κ2) is 6.29. The molecule has 23 heavy (non-hydrogen) atoms. The zero-order chi connectivity index (χ0) is 16.4. The summed E-state index contributed by atoms with van der Waals surface area (Å²) in [4.78, 5) is 12.7. The Kier molecular flexibility index (Phi) is 4.20. The van der Waals surface area contributed by atoms with Gasteiger partial charge in [-0.1, -0.05) is 50.2 Å². The predicted octanol–water partition coefficient (Wildman–Crippen LogP) is 4.60. The van der Waals surface area contributed by atoms with Gasteiger partial charge in [-0.15, -0.1) is 0 Å². The number of aromatic nitrogens is 1. The van der Waals surface area contributed by atoms with E-state index in [-0.39, 0.29) is 5.78 Å². The third kappa shape index (κ3) is 3.00. The van der Waals surface area contributed by atoms with Crippen molar-refractivity contribution >= 4 is 22.4 Å². The van der Waals surface area contributed by atoms with E-state index in [2.05, 4.69) is 25.2 Å². The normalized spacial score (nSPS) is 11.1. The molecule has 2 aromatic carbocycles. The van der Waals surface area contributed by atoms with Crippen molar-refractivity contribution in [2.24, 2.45) is 7.05 Å². The number of nitrogens with zero attached hydrogens (tertiary/aromatic N) is 1. The third-order valence-electron chi connectivity index (χ3n) is 4.22. The summed E-state index contributed by atoms with van der Waals surface area (Å²) in [5.74, 6) is 0.534. The first-order valence-electron chi connectivity index (χ1n) is 7.98. The maximum atomic E-state index is 12.7. The Morgan fingerprint density at radius 2 is 1.78 bits per heavy atom. The molecule has 0 atom stereocenters.